The number of aliphatic imine (C=N–C) groups is 1. The third kappa shape index (κ3) is 5.57. The molecule has 3 aliphatic rings. The van der Waals surface area contributed by atoms with Crippen LogP contribution in [0.25, 0.3) is 5.70 Å². The van der Waals surface area contributed by atoms with Gasteiger partial charge in [-0.2, -0.15) is 0 Å². The molecule has 0 bridgehead atoms. The monoisotopic (exact) mass is 567 g/mol. The van der Waals surface area contributed by atoms with Crippen LogP contribution in [0.4, 0.5) is 13.2 Å². The zero-order valence-corrected chi connectivity index (χ0v) is 23.4. The first-order chi connectivity index (χ1) is 19.5. The minimum atomic E-state index is -2.69. The van der Waals surface area contributed by atoms with E-state index in [-0.39, 0.29) is 52.0 Å². The molecule has 2 aromatic rings. The van der Waals surface area contributed by atoms with E-state index in [2.05, 4.69) is 10.3 Å². The van der Waals surface area contributed by atoms with E-state index in [1.807, 2.05) is 23.6 Å². The third-order valence-corrected chi connectivity index (χ3v) is 8.11. The summed E-state index contributed by atoms with van der Waals surface area (Å²) in [6, 6.07) is 9.85. The third-order valence-electron chi connectivity index (χ3n) is 8.11. The molecule has 0 spiro atoms. The summed E-state index contributed by atoms with van der Waals surface area (Å²) in [6.45, 7) is 6.80. The van der Waals surface area contributed by atoms with Crippen LogP contribution in [0, 0.1) is 17.7 Å². The summed E-state index contributed by atoms with van der Waals surface area (Å²) < 4.78 is 42.4. The largest absolute Gasteiger partial charge is 0.382 e. The van der Waals surface area contributed by atoms with Crippen LogP contribution in [-0.2, 0) is 10.4 Å². The quantitative estimate of drug-likeness (QED) is 0.436. The van der Waals surface area contributed by atoms with Crippen molar-refractivity contribution < 1.29 is 23.1 Å². The summed E-state index contributed by atoms with van der Waals surface area (Å²) in [5.74, 6) is 0.101. The SMILES string of the molecule is CC(C)CC(=O)N1CCCC(C2NC(c3ccc(C(C)(O)c4cccc(C(F)F)c4)cc3F)=C3C(N)=NC=CN32)C1. The second-order valence-corrected chi connectivity index (χ2v) is 11.6. The Morgan fingerprint density at radius 3 is 2.68 bits per heavy atom. The van der Waals surface area contributed by atoms with E-state index in [1.54, 1.807) is 24.5 Å². The van der Waals surface area contributed by atoms with Crippen molar-refractivity contribution in [1.82, 2.24) is 15.1 Å². The maximum absolute atomic E-state index is 15.8. The van der Waals surface area contributed by atoms with Gasteiger partial charge in [0.15, 0.2) is 0 Å². The predicted octanol–water partition coefficient (Wildman–Crippen LogP) is 5.05. The number of piperidine rings is 1. The molecule has 1 saturated heterocycles. The molecule has 3 unspecified atom stereocenters. The second kappa shape index (κ2) is 11.2. The number of nitrogens with one attached hydrogen (secondary N) is 1. The van der Waals surface area contributed by atoms with Crippen molar-refractivity contribution in [3.63, 3.8) is 0 Å². The Bertz CT molecular complexity index is 1420. The molecule has 1 fully saturated rings. The molecule has 0 aromatic heterocycles. The normalized spacial score (nSPS) is 22.1. The number of amidine groups is 1. The highest BCUT2D eigenvalue weighted by atomic mass is 19.3. The van der Waals surface area contributed by atoms with Crippen LogP contribution in [0.3, 0.4) is 0 Å². The number of halogens is 3. The number of hydrogen-bond donors (Lipinski definition) is 3. The number of benzene rings is 2. The summed E-state index contributed by atoms with van der Waals surface area (Å²) in [5, 5.41) is 14.8. The van der Waals surface area contributed by atoms with Crippen LogP contribution in [0.15, 0.2) is 65.6 Å². The summed E-state index contributed by atoms with van der Waals surface area (Å²) in [4.78, 5) is 20.9. The molecule has 7 nitrogen and oxygen atoms in total. The molecule has 0 saturated carbocycles. The fraction of sp³-hybridized carbons (Fsp3) is 0.419. The molecule has 3 aliphatic heterocycles. The highest BCUT2D eigenvalue weighted by Crippen LogP contribution is 2.38. The summed E-state index contributed by atoms with van der Waals surface area (Å²) >= 11 is 0. The Morgan fingerprint density at radius 2 is 1.98 bits per heavy atom. The van der Waals surface area contributed by atoms with Gasteiger partial charge >= 0.3 is 0 Å². The van der Waals surface area contributed by atoms with Crippen LogP contribution in [-0.4, -0.2) is 45.9 Å². The lowest BCUT2D eigenvalue weighted by atomic mass is 9.86. The summed E-state index contributed by atoms with van der Waals surface area (Å²) in [6.07, 6.45) is 2.69. The Hall–Kier alpha value is -3.79. The van der Waals surface area contributed by atoms with E-state index in [1.165, 1.54) is 37.3 Å². The van der Waals surface area contributed by atoms with Gasteiger partial charge in [0.1, 0.15) is 29.1 Å². The summed E-state index contributed by atoms with van der Waals surface area (Å²) in [5.41, 5.74) is 6.09. The van der Waals surface area contributed by atoms with Crippen molar-refractivity contribution in [3.05, 3.63) is 88.6 Å². The molecule has 1 amide bonds. The number of rotatable bonds is 7. The number of likely N-dealkylation sites (tertiary alicyclic amines) is 1. The van der Waals surface area contributed by atoms with Crippen LogP contribution in [0.1, 0.15) is 68.7 Å². The van der Waals surface area contributed by atoms with Crippen LogP contribution in [0.2, 0.25) is 0 Å². The van der Waals surface area contributed by atoms with Gasteiger partial charge < -0.3 is 26.0 Å². The molecule has 3 heterocycles. The lowest BCUT2D eigenvalue weighted by Gasteiger charge is -2.39. The number of nitrogens with zero attached hydrogens (tertiary/aromatic N) is 3. The predicted molar refractivity (Wildman–Crippen MR) is 152 cm³/mol. The van der Waals surface area contributed by atoms with Crippen molar-refractivity contribution in [2.75, 3.05) is 13.1 Å². The van der Waals surface area contributed by atoms with Crippen LogP contribution in [0.5, 0.6) is 0 Å². The van der Waals surface area contributed by atoms with Gasteiger partial charge in [-0.1, -0.05) is 38.1 Å². The van der Waals surface area contributed by atoms with Crippen molar-refractivity contribution in [2.24, 2.45) is 22.6 Å². The van der Waals surface area contributed by atoms with Gasteiger partial charge in [0.2, 0.25) is 5.91 Å². The fourth-order valence-corrected chi connectivity index (χ4v) is 5.92. The van der Waals surface area contributed by atoms with E-state index in [4.69, 9.17) is 5.73 Å². The summed E-state index contributed by atoms with van der Waals surface area (Å²) in [7, 11) is 0. The molecular formula is C31H36F3N5O2. The molecule has 4 N–H and O–H groups in total. The molecule has 0 aliphatic carbocycles. The molecule has 5 rings (SSSR count). The highest BCUT2D eigenvalue weighted by Gasteiger charge is 2.41. The number of fused-ring (bicyclic) bond motifs is 1. The van der Waals surface area contributed by atoms with Crippen LogP contribution < -0.4 is 11.1 Å². The number of amides is 1. The minimum absolute atomic E-state index is 0.0630. The van der Waals surface area contributed by atoms with E-state index >= 15 is 4.39 Å². The first kappa shape index (κ1) is 28.7. The smallest absolute Gasteiger partial charge is 0.263 e. The van der Waals surface area contributed by atoms with Crippen molar-refractivity contribution in [1.29, 1.82) is 0 Å². The van der Waals surface area contributed by atoms with Crippen molar-refractivity contribution in [2.45, 2.75) is 58.2 Å². The van der Waals surface area contributed by atoms with Gasteiger partial charge in [-0.05, 0) is 55.0 Å². The zero-order valence-electron chi connectivity index (χ0n) is 23.4. The molecule has 0 radical (unpaired) electrons. The molecular weight excluding hydrogens is 531 g/mol. The van der Waals surface area contributed by atoms with E-state index in [0.717, 1.165) is 19.4 Å². The average molecular weight is 568 g/mol. The second-order valence-electron chi connectivity index (χ2n) is 11.6. The maximum atomic E-state index is 15.8. The standard InChI is InChI=1S/C31H36F3N5O2/c1-18(2)14-25(40)38-12-5-7-20(17-38)30-37-26(27-29(35)36-11-13-39(27)30)23-10-9-22(16-24(23)32)31(3,41)21-8-4-6-19(15-21)28(33)34/h4,6,8-11,13,15-16,18,20,28,30,37,41H,5,7,12,14,17H2,1-3H3,(H2,35,36). The number of nitrogens with two attached hydrogens (primary N) is 1. The first-order valence-corrected chi connectivity index (χ1v) is 14.0. The van der Waals surface area contributed by atoms with E-state index in [9.17, 15) is 18.7 Å². The minimum Gasteiger partial charge on any atom is -0.382 e. The van der Waals surface area contributed by atoms with E-state index < -0.39 is 17.8 Å². The molecule has 41 heavy (non-hydrogen) atoms. The molecule has 3 atom stereocenters. The number of alkyl halides is 2. The molecule has 10 heteroatoms. The van der Waals surface area contributed by atoms with Gasteiger partial charge in [0, 0.05) is 49.0 Å². The van der Waals surface area contributed by atoms with Gasteiger partial charge in [0.05, 0.1) is 5.70 Å². The van der Waals surface area contributed by atoms with Crippen molar-refractivity contribution >= 4 is 17.4 Å². The van der Waals surface area contributed by atoms with Crippen molar-refractivity contribution in [3.8, 4) is 0 Å². The maximum Gasteiger partial charge on any atom is 0.263 e. The van der Waals surface area contributed by atoms with Gasteiger partial charge in [-0.15, -0.1) is 0 Å². The zero-order chi connectivity index (χ0) is 29.5. The van der Waals surface area contributed by atoms with E-state index in [0.29, 0.717) is 24.4 Å². The topological polar surface area (TPSA) is 94.2 Å². The Balaban J connectivity index is 1.44. The lowest BCUT2D eigenvalue weighted by molar-refractivity contribution is -0.134. The number of hydrogen-bond acceptors (Lipinski definition) is 6. The Kier molecular flexibility index (Phi) is 7.87. The van der Waals surface area contributed by atoms with Gasteiger partial charge in [-0.25, -0.2) is 18.2 Å². The highest BCUT2D eigenvalue weighted by molar-refractivity contribution is 6.05. The molecule has 2 aromatic carbocycles. The first-order valence-electron chi connectivity index (χ1n) is 14.0. The Labute approximate surface area is 238 Å². The molecule has 218 valence electrons. The number of carbonyl (C=O) groups is 1. The fourth-order valence-electron chi connectivity index (χ4n) is 5.92. The lowest BCUT2D eigenvalue weighted by Crippen LogP contribution is -2.50. The Morgan fingerprint density at radius 1 is 1.22 bits per heavy atom. The number of carbonyl (C=O) groups excluding carboxylic acids is 1. The number of aliphatic hydroxyl groups is 1. The average Bonchev–Trinajstić information content (AvgIpc) is 3.33. The van der Waals surface area contributed by atoms with Gasteiger partial charge in [-0.3, -0.25) is 4.79 Å². The van der Waals surface area contributed by atoms with Gasteiger partial charge in [0.25, 0.3) is 6.43 Å². The van der Waals surface area contributed by atoms with Crippen LogP contribution >= 0.6 is 0 Å².